The molecule has 0 unspecified atom stereocenters. The summed E-state index contributed by atoms with van der Waals surface area (Å²) in [5.41, 5.74) is 0.732. The number of carbonyl (C=O) groups excluding carboxylic acids is 1. The Morgan fingerprint density at radius 2 is 2.00 bits per heavy atom. The first-order chi connectivity index (χ1) is 9.54. The molecule has 0 bridgehead atoms. The zero-order chi connectivity index (χ0) is 14.9. The van der Waals surface area contributed by atoms with Gasteiger partial charge < -0.3 is 9.80 Å². The summed E-state index contributed by atoms with van der Waals surface area (Å²) in [7, 11) is 1.77. The molecule has 0 saturated heterocycles. The Morgan fingerprint density at radius 3 is 2.55 bits per heavy atom. The number of hydrogen-bond donors (Lipinski definition) is 0. The Balaban J connectivity index is 2.59. The average molecular weight is 297 g/mol. The van der Waals surface area contributed by atoms with Gasteiger partial charge in [0.05, 0.1) is 6.20 Å². The highest BCUT2D eigenvalue weighted by Gasteiger charge is 2.39. The molecule has 0 saturated carbocycles. The number of anilines is 2. The van der Waals surface area contributed by atoms with Crippen LogP contribution in [-0.2, 0) is 4.79 Å². The summed E-state index contributed by atoms with van der Waals surface area (Å²) in [6.07, 6.45) is 4.31. The minimum Gasteiger partial charge on any atom is -0.340 e. The van der Waals surface area contributed by atoms with Gasteiger partial charge in [0.2, 0.25) is 11.2 Å². The minimum atomic E-state index is -0.177. The molecule has 2 heterocycles. The minimum absolute atomic E-state index is 0.0952. The summed E-state index contributed by atoms with van der Waals surface area (Å²) < 4.78 is 0. The molecule has 1 amide bonds. The molecule has 0 aliphatic carbocycles. The molecule has 5 nitrogen and oxygen atoms in total. The van der Waals surface area contributed by atoms with E-state index >= 15 is 0 Å². The van der Waals surface area contributed by atoms with Crippen molar-refractivity contribution in [2.75, 3.05) is 16.8 Å². The quantitative estimate of drug-likeness (QED) is 0.802. The van der Waals surface area contributed by atoms with E-state index in [1.807, 2.05) is 6.92 Å². The van der Waals surface area contributed by atoms with Gasteiger partial charge in [-0.05, 0) is 30.9 Å². The van der Waals surface area contributed by atoms with E-state index in [9.17, 15) is 4.79 Å². The molecule has 2 rings (SSSR count). The van der Waals surface area contributed by atoms with E-state index in [-0.39, 0.29) is 23.3 Å². The predicted molar refractivity (Wildman–Crippen MR) is 81.4 cm³/mol. The highest BCUT2D eigenvalue weighted by molar-refractivity contribution is 6.28. The molecular formula is C14H21ClN4O. The number of aromatic nitrogens is 2. The molecule has 0 N–H and O–H groups in total. The molecule has 110 valence electrons. The van der Waals surface area contributed by atoms with Crippen LogP contribution in [-0.4, -0.2) is 35.0 Å². The second kappa shape index (κ2) is 5.95. The third kappa shape index (κ3) is 2.35. The van der Waals surface area contributed by atoms with Crippen LogP contribution < -0.4 is 9.80 Å². The van der Waals surface area contributed by atoms with Crippen molar-refractivity contribution in [2.24, 2.45) is 0 Å². The molecule has 1 atom stereocenters. The van der Waals surface area contributed by atoms with Crippen molar-refractivity contribution in [3.63, 3.8) is 0 Å². The number of likely N-dealkylation sites (N-methyl/N-ethyl adjacent to an activating group) is 1. The Kier molecular flexibility index (Phi) is 4.48. The standard InChI is InChI=1S/C14H21ClN4O/c1-5-9(6-2)19-10(7-3)13(20)18(4)11-8-16-14(15)17-12(11)19/h8-10H,5-7H2,1-4H3/t10-/m1/s1. The number of carbonyl (C=O) groups is 1. The molecule has 0 aromatic carbocycles. The van der Waals surface area contributed by atoms with Gasteiger partial charge in [0, 0.05) is 13.1 Å². The zero-order valence-electron chi connectivity index (χ0n) is 12.4. The monoisotopic (exact) mass is 296 g/mol. The van der Waals surface area contributed by atoms with Crippen molar-refractivity contribution < 1.29 is 4.79 Å². The van der Waals surface area contributed by atoms with Crippen LogP contribution in [0.4, 0.5) is 11.5 Å². The summed E-state index contributed by atoms with van der Waals surface area (Å²) in [4.78, 5) is 24.7. The summed E-state index contributed by atoms with van der Waals surface area (Å²) in [5, 5.41) is 0.220. The Morgan fingerprint density at radius 1 is 1.35 bits per heavy atom. The lowest BCUT2D eigenvalue weighted by atomic mass is 10.0. The number of fused-ring (bicyclic) bond motifs is 1. The fourth-order valence-electron chi connectivity index (χ4n) is 2.86. The third-order valence-corrected chi connectivity index (χ3v) is 4.18. The first-order valence-electron chi connectivity index (χ1n) is 7.13. The summed E-state index contributed by atoms with van der Waals surface area (Å²) in [6.45, 7) is 6.29. The van der Waals surface area contributed by atoms with Crippen LogP contribution in [0.1, 0.15) is 40.0 Å². The molecule has 1 aromatic heterocycles. The maximum atomic E-state index is 12.5. The maximum absolute atomic E-state index is 12.5. The number of rotatable bonds is 4. The van der Waals surface area contributed by atoms with Crippen LogP contribution in [0.5, 0.6) is 0 Å². The van der Waals surface area contributed by atoms with Gasteiger partial charge in [-0.25, -0.2) is 4.98 Å². The number of amides is 1. The van der Waals surface area contributed by atoms with E-state index in [4.69, 9.17) is 11.6 Å². The number of nitrogens with zero attached hydrogens (tertiary/aromatic N) is 4. The molecule has 0 radical (unpaired) electrons. The largest absolute Gasteiger partial charge is 0.340 e. The fraction of sp³-hybridized carbons (Fsp3) is 0.643. The van der Waals surface area contributed by atoms with Gasteiger partial charge in [-0.15, -0.1) is 0 Å². The third-order valence-electron chi connectivity index (χ3n) is 4.00. The predicted octanol–water partition coefficient (Wildman–Crippen LogP) is 2.88. The highest BCUT2D eigenvalue weighted by Crippen LogP contribution is 2.37. The lowest BCUT2D eigenvalue weighted by Crippen LogP contribution is -2.56. The average Bonchev–Trinajstić information content (AvgIpc) is 2.45. The van der Waals surface area contributed by atoms with Crippen LogP contribution >= 0.6 is 11.6 Å². The molecule has 1 aliphatic rings. The second-order valence-corrected chi connectivity index (χ2v) is 5.38. The maximum Gasteiger partial charge on any atom is 0.249 e. The van der Waals surface area contributed by atoms with E-state index in [0.29, 0.717) is 0 Å². The van der Waals surface area contributed by atoms with E-state index in [1.165, 1.54) is 0 Å². The van der Waals surface area contributed by atoms with Gasteiger partial charge in [-0.3, -0.25) is 4.79 Å². The smallest absolute Gasteiger partial charge is 0.249 e. The molecule has 0 fully saturated rings. The van der Waals surface area contributed by atoms with E-state index in [0.717, 1.165) is 30.8 Å². The van der Waals surface area contributed by atoms with Gasteiger partial charge in [0.1, 0.15) is 11.7 Å². The van der Waals surface area contributed by atoms with Gasteiger partial charge in [-0.1, -0.05) is 20.8 Å². The second-order valence-electron chi connectivity index (χ2n) is 5.05. The molecule has 1 aromatic rings. The normalized spacial score (nSPS) is 18.7. The summed E-state index contributed by atoms with van der Waals surface area (Å²) in [6, 6.07) is 0.102. The Bertz CT molecular complexity index is 504. The van der Waals surface area contributed by atoms with Crippen molar-refractivity contribution in [2.45, 2.75) is 52.1 Å². The van der Waals surface area contributed by atoms with Crippen LogP contribution in [0.2, 0.25) is 5.28 Å². The number of halogens is 1. The van der Waals surface area contributed by atoms with Crippen LogP contribution in [0.25, 0.3) is 0 Å². The van der Waals surface area contributed by atoms with E-state index < -0.39 is 0 Å². The summed E-state index contributed by atoms with van der Waals surface area (Å²) in [5.74, 6) is 0.866. The Labute approximate surface area is 124 Å². The molecule has 0 spiro atoms. The molecular weight excluding hydrogens is 276 g/mol. The van der Waals surface area contributed by atoms with Crippen molar-refractivity contribution in [3.8, 4) is 0 Å². The first-order valence-corrected chi connectivity index (χ1v) is 7.51. The van der Waals surface area contributed by atoms with Crippen molar-refractivity contribution >= 4 is 29.0 Å². The van der Waals surface area contributed by atoms with Crippen molar-refractivity contribution in [1.29, 1.82) is 0 Å². The van der Waals surface area contributed by atoms with E-state index in [1.54, 1.807) is 18.1 Å². The van der Waals surface area contributed by atoms with Crippen molar-refractivity contribution in [1.82, 2.24) is 9.97 Å². The van der Waals surface area contributed by atoms with Crippen molar-refractivity contribution in [3.05, 3.63) is 11.5 Å². The van der Waals surface area contributed by atoms with Gasteiger partial charge in [-0.2, -0.15) is 4.98 Å². The Hall–Kier alpha value is -1.36. The molecule has 1 aliphatic heterocycles. The van der Waals surface area contributed by atoms with E-state index in [2.05, 4.69) is 28.7 Å². The lowest BCUT2D eigenvalue weighted by Gasteiger charge is -2.44. The first kappa shape index (κ1) is 15.0. The van der Waals surface area contributed by atoms with Crippen LogP contribution in [0, 0.1) is 0 Å². The van der Waals surface area contributed by atoms with Gasteiger partial charge >= 0.3 is 0 Å². The summed E-state index contributed by atoms with van der Waals surface area (Å²) >= 11 is 5.96. The van der Waals surface area contributed by atoms with Gasteiger partial charge in [0.25, 0.3) is 0 Å². The highest BCUT2D eigenvalue weighted by atomic mass is 35.5. The zero-order valence-corrected chi connectivity index (χ0v) is 13.2. The SMILES string of the molecule is CCC(CC)N1c2nc(Cl)ncc2N(C)C(=O)[C@H]1CC. The van der Waals surface area contributed by atoms with Crippen LogP contribution in [0.3, 0.4) is 0 Å². The van der Waals surface area contributed by atoms with Crippen LogP contribution in [0.15, 0.2) is 6.20 Å². The molecule has 20 heavy (non-hydrogen) atoms. The number of hydrogen-bond acceptors (Lipinski definition) is 4. The van der Waals surface area contributed by atoms with Gasteiger partial charge in [0.15, 0.2) is 5.82 Å². The lowest BCUT2D eigenvalue weighted by molar-refractivity contribution is -0.120. The fourth-order valence-corrected chi connectivity index (χ4v) is 2.99. The molecule has 6 heteroatoms. The topological polar surface area (TPSA) is 49.3 Å².